The van der Waals surface area contributed by atoms with Gasteiger partial charge in [-0.3, -0.25) is 4.57 Å². The zero-order chi connectivity index (χ0) is 9.07. The van der Waals surface area contributed by atoms with Crippen molar-refractivity contribution >= 4 is 45.1 Å². The van der Waals surface area contributed by atoms with Crippen molar-refractivity contribution in [3.05, 3.63) is 0 Å². The van der Waals surface area contributed by atoms with Crippen molar-refractivity contribution in [2.24, 2.45) is 11.8 Å². The van der Waals surface area contributed by atoms with E-state index in [0.29, 0.717) is 24.2 Å². The molecular formula is C8H21CaO2P. The van der Waals surface area contributed by atoms with Crippen LogP contribution in [-0.2, 0) is 4.57 Å². The minimum absolute atomic E-state index is 0. The van der Waals surface area contributed by atoms with Crippen LogP contribution in [0.5, 0.6) is 0 Å². The van der Waals surface area contributed by atoms with Gasteiger partial charge in [-0.2, -0.15) is 0 Å². The molecular weight excluding hydrogens is 199 g/mol. The third-order valence-corrected chi connectivity index (χ3v) is 3.90. The van der Waals surface area contributed by atoms with Crippen molar-refractivity contribution in [1.29, 1.82) is 0 Å². The zero-order valence-electron chi connectivity index (χ0n) is 7.87. The van der Waals surface area contributed by atoms with Gasteiger partial charge in [0, 0.05) is 12.3 Å². The fraction of sp³-hybridized carbons (Fsp3) is 1.00. The molecule has 0 atom stereocenters. The van der Waals surface area contributed by atoms with Gasteiger partial charge >= 0.3 is 37.7 Å². The predicted octanol–water partition coefficient (Wildman–Crippen LogP) is 1.65. The molecule has 0 aromatic carbocycles. The van der Waals surface area contributed by atoms with Gasteiger partial charge < -0.3 is 4.89 Å². The van der Waals surface area contributed by atoms with E-state index in [1.165, 1.54) is 0 Å². The average molecular weight is 220 g/mol. The van der Waals surface area contributed by atoms with E-state index in [1.807, 2.05) is 27.7 Å². The van der Waals surface area contributed by atoms with E-state index in [2.05, 4.69) is 0 Å². The molecule has 0 amide bonds. The number of rotatable bonds is 4. The molecule has 0 rings (SSSR count). The van der Waals surface area contributed by atoms with Crippen LogP contribution in [0.4, 0.5) is 0 Å². The molecule has 1 N–H and O–H groups in total. The first-order valence-electron chi connectivity index (χ1n) is 4.14. The Hall–Kier alpha value is 1.45. The van der Waals surface area contributed by atoms with Crippen molar-refractivity contribution in [3.8, 4) is 0 Å². The van der Waals surface area contributed by atoms with Crippen LogP contribution < -0.4 is 0 Å². The first-order chi connectivity index (χ1) is 4.83. The molecule has 0 aliphatic rings. The van der Waals surface area contributed by atoms with Crippen LogP contribution in [-0.4, -0.2) is 55.0 Å². The minimum atomic E-state index is -2.80. The van der Waals surface area contributed by atoms with E-state index in [1.54, 1.807) is 0 Å². The molecule has 0 aromatic heterocycles. The van der Waals surface area contributed by atoms with E-state index >= 15 is 0 Å². The summed E-state index contributed by atoms with van der Waals surface area (Å²) < 4.78 is 11.4. The second kappa shape index (κ2) is 6.84. The molecule has 0 saturated heterocycles. The monoisotopic (exact) mass is 220 g/mol. The van der Waals surface area contributed by atoms with Crippen LogP contribution in [0.3, 0.4) is 0 Å². The average Bonchev–Trinajstić information content (AvgIpc) is 1.53. The first-order valence-corrected chi connectivity index (χ1v) is 6.17. The third-order valence-electron chi connectivity index (χ3n) is 1.30. The molecule has 72 valence electrons. The Labute approximate surface area is 106 Å². The first kappa shape index (κ1) is 15.9. The van der Waals surface area contributed by atoms with E-state index in [4.69, 9.17) is 0 Å². The van der Waals surface area contributed by atoms with E-state index in [9.17, 15) is 9.46 Å². The Morgan fingerprint density at radius 1 is 1.08 bits per heavy atom. The molecule has 0 aromatic rings. The summed E-state index contributed by atoms with van der Waals surface area (Å²) in [5.74, 6) is 0.647. The second-order valence-corrected chi connectivity index (χ2v) is 6.42. The molecule has 0 fully saturated rings. The van der Waals surface area contributed by atoms with Crippen LogP contribution in [0.25, 0.3) is 0 Å². The van der Waals surface area contributed by atoms with Crippen LogP contribution in [0.2, 0.25) is 0 Å². The fourth-order valence-electron chi connectivity index (χ4n) is 1.22. The van der Waals surface area contributed by atoms with Crippen LogP contribution in [0.15, 0.2) is 0 Å². The van der Waals surface area contributed by atoms with Gasteiger partial charge in [-0.1, -0.05) is 27.7 Å². The van der Waals surface area contributed by atoms with Gasteiger partial charge in [-0.25, -0.2) is 0 Å². The zero-order valence-corrected chi connectivity index (χ0v) is 8.77. The molecule has 12 heavy (non-hydrogen) atoms. The van der Waals surface area contributed by atoms with Gasteiger partial charge in [-0.05, 0) is 11.8 Å². The SMILES string of the molecule is CC(C)CP(=O)(O)CC(C)C.[CaH2]. The summed E-state index contributed by atoms with van der Waals surface area (Å²) in [6.45, 7) is 7.90. The normalized spacial score (nSPS) is 11.9. The Bertz CT molecular complexity index is 143. The number of hydrogen-bond acceptors (Lipinski definition) is 1. The van der Waals surface area contributed by atoms with E-state index in [0.717, 1.165) is 0 Å². The van der Waals surface area contributed by atoms with Crippen molar-refractivity contribution in [1.82, 2.24) is 0 Å². The summed E-state index contributed by atoms with van der Waals surface area (Å²) in [6, 6.07) is 0. The van der Waals surface area contributed by atoms with Crippen molar-refractivity contribution in [2.45, 2.75) is 27.7 Å². The van der Waals surface area contributed by atoms with Gasteiger partial charge in [0.25, 0.3) is 0 Å². The summed E-state index contributed by atoms with van der Waals surface area (Å²) >= 11 is 0. The number of hydrogen-bond donors (Lipinski definition) is 1. The summed E-state index contributed by atoms with van der Waals surface area (Å²) in [5.41, 5.74) is 0. The molecule has 0 bridgehead atoms. The van der Waals surface area contributed by atoms with Gasteiger partial charge in [0.2, 0.25) is 7.37 Å². The van der Waals surface area contributed by atoms with Gasteiger partial charge in [0.1, 0.15) is 0 Å². The van der Waals surface area contributed by atoms with E-state index in [-0.39, 0.29) is 37.7 Å². The molecule has 0 unspecified atom stereocenters. The molecule has 0 aliphatic carbocycles. The Morgan fingerprint density at radius 2 is 1.33 bits per heavy atom. The Kier molecular flexibility index (Phi) is 9.06. The molecule has 0 saturated carbocycles. The van der Waals surface area contributed by atoms with Crippen molar-refractivity contribution in [3.63, 3.8) is 0 Å². The quantitative estimate of drug-likeness (QED) is 0.578. The van der Waals surface area contributed by atoms with Crippen LogP contribution in [0, 0.1) is 11.8 Å². The van der Waals surface area contributed by atoms with Gasteiger partial charge in [-0.15, -0.1) is 0 Å². The maximum atomic E-state index is 11.4. The maximum absolute atomic E-state index is 11.4. The van der Waals surface area contributed by atoms with E-state index < -0.39 is 7.37 Å². The van der Waals surface area contributed by atoms with Crippen molar-refractivity contribution < 1.29 is 9.46 Å². The fourth-order valence-corrected chi connectivity index (χ4v) is 3.65. The summed E-state index contributed by atoms with van der Waals surface area (Å²) in [4.78, 5) is 9.41. The van der Waals surface area contributed by atoms with Crippen molar-refractivity contribution in [2.75, 3.05) is 12.3 Å². The van der Waals surface area contributed by atoms with Crippen LogP contribution in [0.1, 0.15) is 27.7 Å². The van der Waals surface area contributed by atoms with Gasteiger partial charge in [0.05, 0.1) is 0 Å². The second-order valence-electron chi connectivity index (χ2n) is 4.00. The summed E-state index contributed by atoms with van der Waals surface area (Å²) in [5, 5.41) is 0. The topological polar surface area (TPSA) is 37.3 Å². The van der Waals surface area contributed by atoms with Gasteiger partial charge in [0.15, 0.2) is 0 Å². The standard InChI is InChI=1S/C8H19O2P.Ca.2H/c1-7(2)5-11(9,10)6-8(3)4;;;/h7-8H,5-6H2,1-4H3,(H,9,10);;;. The molecule has 0 spiro atoms. The predicted molar refractivity (Wildman–Crippen MR) is 57.8 cm³/mol. The van der Waals surface area contributed by atoms with Crippen LogP contribution >= 0.6 is 7.37 Å². The Morgan fingerprint density at radius 3 is 1.50 bits per heavy atom. The third kappa shape index (κ3) is 9.54. The molecule has 2 nitrogen and oxygen atoms in total. The summed E-state index contributed by atoms with van der Waals surface area (Å²) in [6.07, 6.45) is 0.927. The molecule has 0 radical (unpaired) electrons. The molecule has 4 heteroatoms. The molecule has 0 aliphatic heterocycles. The Balaban J connectivity index is 0. The molecule has 0 heterocycles. The summed E-state index contributed by atoms with van der Waals surface area (Å²) in [7, 11) is -2.80.